The van der Waals surface area contributed by atoms with Crippen molar-refractivity contribution in [1.29, 1.82) is 0 Å². The van der Waals surface area contributed by atoms with Gasteiger partial charge in [-0.05, 0) is 88.7 Å². The lowest BCUT2D eigenvalue weighted by atomic mass is 9.87. The highest BCUT2D eigenvalue weighted by atomic mass is 16.8. The summed E-state index contributed by atoms with van der Waals surface area (Å²) in [7, 11) is 0. The van der Waals surface area contributed by atoms with Crippen molar-refractivity contribution in [3.8, 4) is 0 Å². The molecule has 2 unspecified atom stereocenters. The number of nitrogens with two attached hydrogens (primary N) is 1. The van der Waals surface area contributed by atoms with Gasteiger partial charge in [-0.3, -0.25) is 9.69 Å². The Morgan fingerprint density at radius 1 is 1.26 bits per heavy atom. The van der Waals surface area contributed by atoms with Gasteiger partial charge in [-0.2, -0.15) is 0 Å². The maximum Gasteiger partial charge on any atom is 0.231 e. The Morgan fingerprint density at radius 3 is 2.48 bits per heavy atom. The van der Waals surface area contributed by atoms with Crippen LogP contribution in [0.2, 0.25) is 0 Å². The van der Waals surface area contributed by atoms with Gasteiger partial charge in [0.2, 0.25) is 11.7 Å². The Bertz CT molecular complexity index is 972. The van der Waals surface area contributed by atoms with Crippen LogP contribution in [0.3, 0.4) is 0 Å². The number of likely N-dealkylation sites (tertiary alicyclic amines) is 1. The Hall–Kier alpha value is -1.89. The molecule has 6 nitrogen and oxygen atoms in total. The van der Waals surface area contributed by atoms with E-state index in [9.17, 15) is 4.79 Å². The van der Waals surface area contributed by atoms with Crippen LogP contribution < -0.4 is 5.73 Å². The van der Waals surface area contributed by atoms with E-state index in [1.54, 1.807) is 0 Å². The molecule has 31 heavy (non-hydrogen) atoms. The predicted octanol–water partition coefficient (Wildman–Crippen LogP) is 4.34. The largest absolute Gasteiger partial charge is 0.369 e. The van der Waals surface area contributed by atoms with E-state index in [4.69, 9.17) is 15.2 Å². The van der Waals surface area contributed by atoms with Crippen molar-refractivity contribution in [2.45, 2.75) is 83.7 Å². The summed E-state index contributed by atoms with van der Waals surface area (Å²) >= 11 is 0. The second-order valence-corrected chi connectivity index (χ2v) is 10.3. The molecule has 2 fully saturated rings. The van der Waals surface area contributed by atoms with Crippen LogP contribution >= 0.6 is 0 Å². The average Bonchev–Trinajstić information content (AvgIpc) is 3.16. The average molecular weight is 428 g/mol. The van der Waals surface area contributed by atoms with Gasteiger partial charge in [-0.1, -0.05) is 19.9 Å². The van der Waals surface area contributed by atoms with E-state index in [2.05, 4.69) is 62.7 Å². The van der Waals surface area contributed by atoms with Crippen molar-refractivity contribution in [1.82, 2.24) is 9.88 Å². The molecule has 4 rings (SSSR count). The minimum Gasteiger partial charge on any atom is -0.369 e. The molecule has 0 bridgehead atoms. The number of rotatable bonds is 5. The molecule has 1 amide bonds. The third-order valence-corrected chi connectivity index (χ3v) is 7.17. The first-order valence-electron chi connectivity index (χ1n) is 11.5. The standard InChI is InChI=1S/C25H37N3O3/c1-15(2)22-19-13-18(17-9-11-28(12-10-17)14-21(26)29)7-8-20(19)27-23(22)25(6)30-16(3)24(4,5)31-25/h7-8,13,15-17,27H,9-12,14H2,1-6H3,(H2,26,29). The second-order valence-electron chi connectivity index (χ2n) is 10.3. The zero-order valence-electron chi connectivity index (χ0n) is 19.7. The highest BCUT2D eigenvalue weighted by molar-refractivity contribution is 5.86. The fourth-order valence-electron chi connectivity index (χ4n) is 5.29. The van der Waals surface area contributed by atoms with Gasteiger partial charge in [0.1, 0.15) is 0 Å². The number of nitrogens with zero attached hydrogens (tertiary/aromatic N) is 1. The molecule has 2 aliphatic heterocycles. The van der Waals surface area contributed by atoms with E-state index in [-0.39, 0.29) is 17.6 Å². The van der Waals surface area contributed by atoms with Crippen LogP contribution in [-0.4, -0.2) is 47.1 Å². The number of benzene rings is 1. The molecule has 2 atom stereocenters. The normalized spacial score (nSPS) is 27.4. The zero-order chi connectivity index (χ0) is 22.6. The van der Waals surface area contributed by atoms with Crippen molar-refractivity contribution in [3.63, 3.8) is 0 Å². The Labute approximate surface area is 185 Å². The molecular weight excluding hydrogens is 390 g/mol. The van der Waals surface area contributed by atoms with E-state index >= 15 is 0 Å². The minimum absolute atomic E-state index is 0.00470. The number of ether oxygens (including phenoxy) is 2. The zero-order valence-corrected chi connectivity index (χ0v) is 19.7. The van der Waals surface area contributed by atoms with E-state index in [0.29, 0.717) is 18.4 Å². The summed E-state index contributed by atoms with van der Waals surface area (Å²) < 4.78 is 12.8. The molecule has 6 heteroatoms. The van der Waals surface area contributed by atoms with Crippen molar-refractivity contribution in [2.24, 2.45) is 5.73 Å². The Morgan fingerprint density at radius 2 is 1.94 bits per heavy atom. The Kier molecular flexibility index (Phi) is 5.69. The van der Waals surface area contributed by atoms with Gasteiger partial charge in [-0.15, -0.1) is 0 Å². The van der Waals surface area contributed by atoms with Gasteiger partial charge < -0.3 is 20.2 Å². The number of hydrogen-bond donors (Lipinski definition) is 2. The summed E-state index contributed by atoms with van der Waals surface area (Å²) in [5.41, 5.74) is 9.81. The molecule has 0 radical (unpaired) electrons. The number of carbonyl (C=O) groups is 1. The van der Waals surface area contributed by atoms with E-state index in [1.165, 1.54) is 16.5 Å². The molecule has 3 N–H and O–H groups in total. The number of piperidine rings is 1. The molecule has 2 aromatic rings. The first-order valence-corrected chi connectivity index (χ1v) is 11.5. The van der Waals surface area contributed by atoms with Crippen LogP contribution in [0.25, 0.3) is 10.9 Å². The van der Waals surface area contributed by atoms with Crippen molar-refractivity contribution < 1.29 is 14.3 Å². The van der Waals surface area contributed by atoms with E-state index in [0.717, 1.165) is 37.1 Å². The van der Waals surface area contributed by atoms with Crippen molar-refractivity contribution in [2.75, 3.05) is 19.6 Å². The Balaban J connectivity index is 1.66. The lowest BCUT2D eigenvalue weighted by Gasteiger charge is -2.31. The summed E-state index contributed by atoms with van der Waals surface area (Å²) in [6.07, 6.45) is 2.09. The smallest absolute Gasteiger partial charge is 0.231 e. The minimum atomic E-state index is -0.790. The van der Waals surface area contributed by atoms with Gasteiger partial charge in [0.05, 0.1) is 23.9 Å². The van der Waals surface area contributed by atoms with E-state index in [1.807, 2.05) is 6.92 Å². The fourth-order valence-corrected chi connectivity index (χ4v) is 5.29. The highest BCUT2D eigenvalue weighted by Crippen LogP contribution is 2.46. The second kappa shape index (κ2) is 7.91. The number of primary amides is 1. The van der Waals surface area contributed by atoms with Crippen LogP contribution in [0.5, 0.6) is 0 Å². The SMILES string of the molecule is CC(C)c1c(C2(C)OC(C)C(C)(C)O2)[nH]c2ccc(C3CCN(CC(N)=O)CC3)cc12. The number of aromatic nitrogens is 1. The number of fused-ring (bicyclic) bond motifs is 1. The molecule has 2 saturated heterocycles. The molecule has 170 valence electrons. The molecule has 2 aliphatic rings. The third kappa shape index (κ3) is 4.13. The lowest BCUT2D eigenvalue weighted by Crippen LogP contribution is -2.39. The maximum absolute atomic E-state index is 11.2. The summed E-state index contributed by atoms with van der Waals surface area (Å²) in [6.45, 7) is 14.9. The van der Waals surface area contributed by atoms with Crippen LogP contribution in [0, 0.1) is 0 Å². The molecule has 0 saturated carbocycles. The number of nitrogens with one attached hydrogen (secondary N) is 1. The van der Waals surface area contributed by atoms with E-state index < -0.39 is 5.79 Å². The molecule has 1 aromatic heterocycles. The number of amides is 1. The van der Waals surface area contributed by atoms with Crippen LogP contribution in [-0.2, 0) is 20.1 Å². The van der Waals surface area contributed by atoms with Crippen molar-refractivity contribution >= 4 is 16.8 Å². The highest BCUT2D eigenvalue weighted by Gasteiger charge is 2.50. The number of carbonyl (C=O) groups excluding carboxylic acids is 1. The summed E-state index contributed by atoms with van der Waals surface area (Å²) in [4.78, 5) is 17.0. The molecule has 0 spiro atoms. The topological polar surface area (TPSA) is 80.6 Å². The summed E-state index contributed by atoms with van der Waals surface area (Å²) in [6, 6.07) is 6.79. The first kappa shape index (κ1) is 22.3. The summed E-state index contributed by atoms with van der Waals surface area (Å²) in [5.74, 6) is -0.203. The number of aromatic amines is 1. The van der Waals surface area contributed by atoms with Gasteiger partial charge in [-0.25, -0.2) is 0 Å². The van der Waals surface area contributed by atoms with Gasteiger partial charge in [0.25, 0.3) is 0 Å². The summed E-state index contributed by atoms with van der Waals surface area (Å²) in [5, 5.41) is 1.26. The van der Waals surface area contributed by atoms with Crippen molar-refractivity contribution in [3.05, 3.63) is 35.0 Å². The van der Waals surface area contributed by atoms with Crippen LogP contribution in [0.15, 0.2) is 18.2 Å². The first-order chi connectivity index (χ1) is 14.5. The van der Waals surface area contributed by atoms with Crippen LogP contribution in [0.1, 0.15) is 83.0 Å². The molecular formula is C25H37N3O3. The molecule has 1 aromatic carbocycles. The maximum atomic E-state index is 11.2. The quantitative estimate of drug-likeness (QED) is 0.744. The molecule has 0 aliphatic carbocycles. The van der Waals surface area contributed by atoms with Crippen LogP contribution in [0.4, 0.5) is 0 Å². The monoisotopic (exact) mass is 427 g/mol. The predicted molar refractivity (Wildman–Crippen MR) is 123 cm³/mol. The lowest BCUT2D eigenvalue weighted by molar-refractivity contribution is -0.182. The molecule has 3 heterocycles. The third-order valence-electron chi connectivity index (χ3n) is 7.17. The van der Waals surface area contributed by atoms with Gasteiger partial charge >= 0.3 is 0 Å². The van der Waals surface area contributed by atoms with Gasteiger partial charge in [0, 0.05) is 10.9 Å². The fraction of sp³-hybridized carbons (Fsp3) is 0.640. The van der Waals surface area contributed by atoms with Gasteiger partial charge in [0.15, 0.2) is 0 Å². The number of H-pyrrole nitrogens is 1. The number of hydrogen-bond acceptors (Lipinski definition) is 4.